The summed E-state index contributed by atoms with van der Waals surface area (Å²) in [5.41, 5.74) is 14.7. The van der Waals surface area contributed by atoms with Crippen molar-refractivity contribution in [3.63, 3.8) is 0 Å². The molecular formula is C132H214O11Si2. The lowest BCUT2D eigenvalue weighted by Crippen LogP contribution is -2.39. The van der Waals surface area contributed by atoms with Gasteiger partial charge in [0.1, 0.15) is 24.6 Å². The minimum Gasteiger partial charge on any atom is -0.466 e. The standard InChI is InChI=1S/C22H22.C17H16O2.C11H14O2.C11H16.C10H14.C9H20O2Si.C9H22Si.C8H16O2.C7H12O2.C7H16.C7H14.C5H10O.C5H12.C4H10/c1-18(2)22(19-12-6-3-7-13-19,20-14-8-4-9-15-20)21-16-10-5-11-17-21;1-11(2)17(18)19-16-14-9-5-3-7-12(14)13-8-4-6-10-15(13)16;1-9(2)11(12)13-8-10-6-4-3-5-7-10;1-9(2)8-11-6-4-10(3)5-7-11;1-9(2)8-10-6-4-3-5-7-10;1-8(2)9(10)11-6-7-12(3,4)5;1-8(2)10(6,7)9(3,4)5;1-6(2)7(9)10-8(3,4)5;1-4-5-9-7(8)6(2)3;1-6(2)7(3,4)5;1-4-5-6-7(2)3;1-4(2)5(3)6;1-4-5(2)3;1-4(2)3/h3-18H,1-2H3;3-11,16H,1-2H3;3-7,9H,8H2,1-2H3;4-7,9H,8H2,1-3H3;3-7,9H,8H2,1-2H3;8H,6-7H2,1-5H3;8H,1-7H3;6H,1-5H3;4,6H,1,5H2,2-3H3;6H,1-5H3;4,7H,1,5-6H2,2-3H3;4H,1-3H3;5H,4H2,1-3H3;4H,1-3H3. The van der Waals surface area contributed by atoms with Crippen molar-refractivity contribution in [1.29, 1.82) is 0 Å². The number of ketones is 1. The predicted molar refractivity (Wildman–Crippen MR) is 637 cm³/mol. The Labute approximate surface area is 893 Å². The van der Waals surface area contributed by atoms with Crippen LogP contribution >= 0.6 is 0 Å². The number of esters is 5. The average molecular weight is 2030 g/mol. The van der Waals surface area contributed by atoms with Crippen molar-refractivity contribution in [3.05, 3.63) is 300 Å². The number of carbonyl (C=O) groups is 6. The minimum absolute atomic E-state index is 0.00614. The Bertz CT molecular complexity index is 4480. The Balaban J connectivity index is -0.000000497. The maximum absolute atomic E-state index is 11.9. The monoisotopic (exact) mass is 2030 g/mol. The second kappa shape index (κ2) is 78.0. The first kappa shape index (κ1) is 144. The fourth-order valence-electron chi connectivity index (χ4n) is 11.9. The van der Waals surface area contributed by atoms with Gasteiger partial charge in [-0.15, -0.1) is 6.58 Å². The number of Topliss-reactive ketones (excluding diaryl/α,β-unsaturated/α-hetero) is 1. The Morgan fingerprint density at radius 1 is 0.372 bits per heavy atom. The first-order valence-electron chi connectivity index (χ1n) is 54.1. The number of hydrogen-bond acceptors (Lipinski definition) is 11. The van der Waals surface area contributed by atoms with Crippen LogP contribution in [0.4, 0.5) is 0 Å². The number of allylic oxidation sites excluding steroid dienone is 1. The van der Waals surface area contributed by atoms with Crippen LogP contribution in [-0.4, -0.2) is 70.6 Å². The molecule has 145 heavy (non-hydrogen) atoms. The van der Waals surface area contributed by atoms with Gasteiger partial charge in [0.15, 0.2) is 6.10 Å². The summed E-state index contributed by atoms with van der Waals surface area (Å²) in [6.07, 6.45) is 9.41. The summed E-state index contributed by atoms with van der Waals surface area (Å²) < 4.78 is 25.6. The Kier molecular flexibility index (Phi) is 77.5. The normalized spacial score (nSPS) is 11.3. The van der Waals surface area contributed by atoms with Gasteiger partial charge in [-0.25, -0.2) is 0 Å². The van der Waals surface area contributed by atoms with Crippen LogP contribution in [0.5, 0.6) is 0 Å². The Hall–Kier alpha value is -9.31. The zero-order valence-electron chi connectivity index (χ0n) is 101. The molecule has 0 N–H and O–H groups in total. The van der Waals surface area contributed by atoms with Gasteiger partial charge in [-0.05, 0) is 163 Å². The topological polar surface area (TPSA) is 149 Å². The third-order valence-electron chi connectivity index (χ3n) is 23.9. The van der Waals surface area contributed by atoms with E-state index in [1.54, 1.807) is 26.8 Å². The van der Waals surface area contributed by atoms with Crippen molar-refractivity contribution < 1.29 is 52.5 Å². The molecule has 0 aromatic heterocycles. The van der Waals surface area contributed by atoms with Crippen LogP contribution in [-0.2, 0) is 77.3 Å². The predicted octanol–water partition coefficient (Wildman–Crippen LogP) is 38.1. The number of fused-ring (bicyclic) bond motifs is 3. The lowest BCUT2D eigenvalue weighted by molar-refractivity contribution is -0.158. The number of benzene rings is 8. The van der Waals surface area contributed by atoms with E-state index in [4.69, 9.17) is 23.7 Å². The molecule has 1 aliphatic carbocycles. The number of aryl methyl sites for hydroxylation is 1. The molecule has 0 atom stereocenters. The van der Waals surface area contributed by atoms with E-state index in [0.29, 0.717) is 36.2 Å². The first-order chi connectivity index (χ1) is 67.0. The molecule has 0 heterocycles. The highest BCUT2D eigenvalue weighted by Gasteiger charge is 2.40. The Morgan fingerprint density at radius 2 is 0.683 bits per heavy atom. The molecule has 11 nitrogen and oxygen atoms in total. The number of hydrogen-bond donors (Lipinski definition) is 0. The van der Waals surface area contributed by atoms with Crippen molar-refractivity contribution >= 4 is 51.8 Å². The van der Waals surface area contributed by atoms with E-state index in [1.807, 2.05) is 163 Å². The summed E-state index contributed by atoms with van der Waals surface area (Å²) in [6, 6.07) is 79.0. The highest BCUT2D eigenvalue weighted by atomic mass is 28.3. The SMILES string of the molecule is C=CCCC(C)C.C=CCOC(=O)C(C)C.CC(=O)C(C)C.CC(C)C.CC(C)C(=O)OC(C)(C)C.CC(C)C(=O)OC1c2ccccc2-c2ccccc21.CC(C)C(=O)OCC[Si](C)(C)C.CC(C)C(=O)OCc1ccccc1.CC(C)C(C)(C)C.CC(C)C(c1ccccc1)(c1ccccc1)c1ccccc1.CC(C)Cc1ccccc1.CC(C)[Si](C)(C)C(C)(C)C.CCC(C)C.Cc1ccc(CC(C)C)cc1. The van der Waals surface area contributed by atoms with Gasteiger partial charge in [0.25, 0.3) is 0 Å². The maximum Gasteiger partial charge on any atom is 0.309 e. The van der Waals surface area contributed by atoms with Crippen molar-refractivity contribution in [3.8, 4) is 11.1 Å². The Morgan fingerprint density at radius 3 is 0.931 bits per heavy atom. The summed E-state index contributed by atoms with van der Waals surface area (Å²) in [6.45, 7) is 106. The van der Waals surface area contributed by atoms with E-state index >= 15 is 0 Å². The number of rotatable bonds is 27. The molecule has 0 unspecified atom stereocenters. The second-order valence-corrected chi connectivity index (χ2v) is 59.4. The van der Waals surface area contributed by atoms with Crippen molar-refractivity contribution in [1.82, 2.24) is 0 Å². The molecule has 0 saturated carbocycles. The fourth-order valence-corrected chi connectivity index (χ4v) is 14.4. The number of carbonyl (C=O) groups excluding carboxylic acids is 6. The van der Waals surface area contributed by atoms with Gasteiger partial charge in [-0.1, -0.05) is 543 Å². The van der Waals surface area contributed by atoms with Crippen LogP contribution in [0.25, 0.3) is 11.1 Å². The van der Waals surface area contributed by atoms with Crippen molar-refractivity contribution in [2.24, 2.45) is 82.3 Å². The smallest absolute Gasteiger partial charge is 0.309 e. The molecule has 1 aliphatic rings. The average Bonchev–Trinajstić information content (AvgIpc) is 1.75. The van der Waals surface area contributed by atoms with Gasteiger partial charge >= 0.3 is 29.8 Å². The highest BCUT2D eigenvalue weighted by molar-refractivity contribution is 6.81. The first-order valence-corrected chi connectivity index (χ1v) is 60.9. The van der Waals surface area contributed by atoms with Gasteiger partial charge in [0.2, 0.25) is 0 Å². The van der Waals surface area contributed by atoms with Crippen molar-refractivity contribution in [2.45, 2.75) is 389 Å². The molecule has 0 fully saturated rings. The molecule has 0 radical (unpaired) electrons. The third-order valence-corrected chi connectivity index (χ3v) is 32.4. The number of ether oxygens (including phenoxy) is 5. The van der Waals surface area contributed by atoms with Crippen molar-refractivity contribution in [2.75, 3.05) is 13.2 Å². The molecule has 9 rings (SSSR count). The summed E-state index contributed by atoms with van der Waals surface area (Å²) in [7, 11) is -2.02. The second-order valence-electron chi connectivity index (χ2n) is 47.7. The van der Waals surface area contributed by atoms with Gasteiger partial charge in [-0.2, -0.15) is 0 Å². The molecule has 0 aliphatic heterocycles. The molecule has 816 valence electrons. The van der Waals surface area contributed by atoms with E-state index in [9.17, 15) is 28.8 Å². The summed E-state index contributed by atoms with van der Waals surface area (Å²) in [5, 5.41) is 0.557. The molecule has 0 bridgehead atoms. The van der Waals surface area contributed by atoms with Crippen LogP contribution in [0.2, 0.25) is 49.4 Å². The third kappa shape index (κ3) is 71.1. The summed E-state index contributed by atoms with van der Waals surface area (Å²) in [4.78, 5) is 65.7. The van der Waals surface area contributed by atoms with Crippen LogP contribution in [0.3, 0.4) is 0 Å². The summed E-state index contributed by atoms with van der Waals surface area (Å²) >= 11 is 0. The van der Waals surface area contributed by atoms with Crippen LogP contribution in [0, 0.1) is 89.3 Å². The molecule has 8 aromatic rings. The molecule has 0 saturated heterocycles. The zero-order chi connectivity index (χ0) is 113. The lowest BCUT2D eigenvalue weighted by Gasteiger charge is -2.40. The van der Waals surface area contributed by atoms with E-state index in [0.717, 1.165) is 70.2 Å². The van der Waals surface area contributed by atoms with Crippen LogP contribution in [0.15, 0.2) is 250 Å². The van der Waals surface area contributed by atoms with Gasteiger partial charge in [0.05, 0.1) is 44.3 Å². The molecule has 13 heteroatoms. The largest absolute Gasteiger partial charge is 0.466 e. The summed E-state index contributed by atoms with van der Waals surface area (Å²) in [5.74, 6) is 4.88. The van der Waals surface area contributed by atoms with Gasteiger partial charge in [-0.3, -0.25) is 28.8 Å². The van der Waals surface area contributed by atoms with E-state index in [1.165, 1.54) is 70.2 Å². The van der Waals surface area contributed by atoms with Gasteiger partial charge in [0, 0.05) is 30.5 Å². The van der Waals surface area contributed by atoms with E-state index in [-0.39, 0.29) is 88.3 Å². The van der Waals surface area contributed by atoms with Gasteiger partial charge < -0.3 is 23.7 Å². The van der Waals surface area contributed by atoms with Crippen LogP contribution < -0.4 is 0 Å². The molecule has 0 amide bonds. The fraction of sp³-hybridized carbons (Fsp3) is 0.561. The minimum atomic E-state index is -1.04. The zero-order valence-corrected chi connectivity index (χ0v) is 103. The maximum atomic E-state index is 11.9. The van der Waals surface area contributed by atoms with E-state index in [2.05, 4.69) is 377 Å². The quantitative estimate of drug-likeness (QED) is 0.0159. The molecule has 0 spiro atoms. The lowest BCUT2D eigenvalue weighted by atomic mass is 9.63. The molecular weight excluding hydrogens is 1820 g/mol. The molecule has 8 aromatic carbocycles. The van der Waals surface area contributed by atoms with E-state index < -0.39 is 16.1 Å². The van der Waals surface area contributed by atoms with Crippen LogP contribution in [0.1, 0.15) is 352 Å². The highest BCUT2D eigenvalue weighted by Crippen LogP contribution is 2.47.